The Bertz CT molecular complexity index is 176. The normalized spacial score (nSPS) is 17.8. The second-order valence-electron chi connectivity index (χ2n) is 3.40. The lowest BCUT2D eigenvalue weighted by Crippen LogP contribution is -2.18. The minimum Gasteiger partial charge on any atom is -0.481 e. The molecule has 0 aliphatic heterocycles. The quantitative estimate of drug-likeness (QED) is 0.701. The summed E-state index contributed by atoms with van der Waals surface area (Å²) in [5.74, 6) is -3.77. The second kappa shape index (κ2) is 3.37. The third-order valence-electron chi connectivity index (χ3n) is 1.99. The fraction of sp³-hybridized carbons (Fsp3) is 0.875. The first-order valence-electron chi connectivity index (χ1n) is 4.09. The number of carboxylic acid groups (broad SMARTS) is 1. The van der Waals surface area contributed by atoms with Crippen molar-refractivity contribution in [2.24, 2.45) is 5.92 Å². The lowest BCUT2D eigenvalue weighted by Gasteiger charge is -2.13. The van der Waals surface area contributed by atoms with Crippen molar-refractivity contribution in [1.29, 1.82) is 0 Å². The highest BCUT2D eigenvalue weighted by Crippen LogP contribution is 2.40. The van der Waals surface area contributed by atoms with Crippen LogP contribution in [-0.2, 0) is 4.79 Å². The maximum atomic E-state index is 12.8. The summed E-state index contributed by atoms with van der Waals surface area (Å²) in [7, 11) is 0. The van der Waals surface area contributed by atoms with Gasteiger partial charge >= 0.3 is 5.97 Å². The number of rotatable bonds is 5. The van der Waals surface area contributed by atoms with E-state index in [1.807, 2.05) is 0 Å². The molecule has 0 saturated heterocycles. The lowest BCUT2D eigenvalue weighted by molar-refractivity contribution is -0.139. The Morgan fingerprint density at radius 2 is 2.08 bits per heavy atom. The Morgan fingerprint density at radius 3 is 2.50 bits per heavy atom. The van der Waals surface area contributed by atoms with Crippen LogP contribution in [0, 0.1) is 5.92 Å². The van der Waals surface area contributed by atoms with Gasteiger partial charge in [0, 0.05) is 12.8 Å². The SMILES string of the molecule is O=C(O)CCC(F)(F)CC1CC1. The highest BCUT2D eigenvalue weighted by Gasteiger charge is 2.37. The Balaban J connectivity index is 2.21. The molecule has 1 rings (SSSR count). The van der Waals surface area contributed by atoms with Crippen molar-refractivity contribution in [2.45, 2.75) is 38.0 Å². The summed E-state index contributed by atoms with van der Waals surface area (Å²) in [4.78, 5) is 10.0. The van der Waals surface area contributed by atoms with Crippen LogP contribution in [0.2, 0.25) is 0 Å². The highest BCUT2D eigenvalue weighted by molar-refractivity contribution is 5.66. The Labute approximate surface area is 69.6 Å². The maximum Gasteiger partial charge on any atom is 0.303 e. The summed E-state index contributed by atoms with van der Waals surface area (Å²) in [6, 6.07) is 0. The van der Waals surface area contributed by atoms with Crippen LogP contribution < -0.4 is 0 Å². The first-order chi connectivity index (χ1) is 5.49. The van der Waals surface area contributed by atoms with Crippen LogP contribution in [0.15, 0.2) is 0 Å². The van der Waals surface area contributed by atoms with Gasteiger partial charge in [-0.3, -0.25) is 4.79 Å². The van der Waals surface area contributed by atoms with Crippen molar-refractivity contribution in [3.05, 3.63) is 0 Å². The average Bonchev–Trinajstić information content (AvgIpc) is 2.67. The van der Waals surface area contributed by atoms with Crippen molar-refractivity contribution in [2.75, 3.05) is 0 Å². The summed E-state index contributed by atoms with van der Waals surface area (Å²) < 4.78 is 25.6. The Hall–Kier alpha value is -0.670. The van der Waals surface area contributed by atoms with Crippen molar-refractivity contribution in [3.63, 3.8) is 0 Å². The van der Waals surface area contributed by atoms with Gasteiger partial charge in [0.15, 0.2) is 0 Å². The molecule has 70 valence electrons. The zero-order chi connectivity index (χ0) is 9.19. The summed E-state index contributed by atoms with van der Waals surface area (Å²) in [6.45, 7) is 0. The van der Waals surface area contributed by atoms with Gasteiger partial charge in [-0.05, 0) is 18.8 Å². The predicted octanol–water partition coefficient (Wildman–Crippen LogP) is 2.29. The van der Waals surface area contributed by atoms with Gasteiger partial charge in [0.05, 0.1) is 6.42 Å². The van der Waals surface area contributed by atoms with E-state index in [4.69, 9.17) is 5.11 Å². The zero-order valence-corrected chi connectivity index (χ0v) is 6.72. The van der Waals surface area contributed by atoms with Gasteiger partial charge in [0.2, 0.25) is 5.92 Å². The summed E-state index contributed by atoms with van der Waals surface area (Å²) in [5, 5.41) is 8.19. The molecule has 4 heteroatoms. The van der Waals surface area contributed by atoms with Crippen LogP contribution in [0.5, 0.6) is 0 Å². The van der Waals surface area contributed by atoms with Crippen molar-refractivity contribution >= 4 is 5.97 Å². The van der Waals surface area contributed by atoms with E-state index in [2.05, 4.69) is 0 Å². The molecule has 0 radical (unpaired) electrons. The third kappa shape index (κ3) is 3.64. The zero-order valence-electron chi connectivity index (χ0n) is 6.72. The van der Waals surface area contributed by atoms with E-state index in [1.54, 1.807) is 0 Å². The largest absolute Gasteiger partial charge is 0.481 e. The molecule has 0 bridgehead atoms. The number of hydrogen-bond donors (Lipinski definition) is 1. The average molecular weight is 178 g/mol. The van der Waals surface area contributed by atoms with Crippen LogP contribution in [0.25, 0.3) is 0 Å². The molecule has 1 N–H and O–H groups in total. The van der Waals surface area contributed by atoms with Crippen LogP contribution in [-0.4, -0.2) is 17.0 Å². The molecule has 0 aromatic rings. The van der Waals surface area contributed by atoms with Gasteiger partial charge in [-0.15, -0.1) is 0 Å². The van der Waals surface area contributed by atoms with E-state index in [9.17, 15) is 13.6 Å². The first-order valence-corrected chi connectivity index (χ1v) is 4.09. The molecular weight excluding hydrogens is 166 g/mol. The van der Waals surface area contributed by atoms with Crippen LogP contribution in [0.4, 0.5) is 8.78 Å². The number of carboxylic acids is 1. The monoisotopic (exact) mass is 178 g/mol. The maximum absolute atomic E-state index is 12.8. The van der Waals surface area contributed by atoms with Gasteiger partial charge in [-0.1, -0.05) is 0 Å². The van der Waals surface area contributed by atoms with Crippen molar-refractivity contribution in [3.8, 4) is 0 Å². The number of aliphatic carboxylic acids is 1. The van der Waals surface area contributed by atoms with Gasteiger partial charge in [-0.25, -0.2) is 8.78 Å². The molecule has 1 saturated carbocycles. The molecule has 1 aliphatic carbocycles. The Morgan fingerprint density at radius 1 is 1.50 bits per heavy atom. The summed E-state index contributed by atoms with van der Waals surface area (Å²) in [5.41, 5.74) is 0. The molecule has 0 amide bonds. The molecule has 0 heterocycles. The molecule has 0 aromatic heterocycles. The predicted molar refractivity (Wildman–Crippen MR) is 39.2 cm³/mol. The smallest absolute Gasteiger partial charge is 0.303 e. The standard InChI is InChI=1S/C8H12F2O2/c9-8(10,4-3-7(11)12)5-6-1-2-6/h6H,1-5H2,(H,11,12). The van der Waals surface area contributed by atoms with E-state index in [0.29, 0.717) is 0 Å². The number of halogens is 2. The summed E-state index contributed by atoms with van der Waals surface area (Å²) >= 11 is 0. The number of alkyl halides is 2. The van der Waals surface area contributed by atoms with Crippen LogP contribution in [0.1, 0.15) is 32.1 Å². The molecule has 2 nitrogen and oxygen atoms in total. The van der Waals surface area contributed by atoms with E-state index < -0.39 is 24.7 Å². The first kappa shape index (κ1) is 9.42. The van der Waals surface area contributed by atoms with Crippen LogP contribution in [0.3, 0.4) is 0 Å². The number of hydrogen-bond acceptors (Lipinski definition) is 1. The second-order valence-corrected chi connectivity index (χ2v) is 3.40. The third-order valence-corrected chi connectivity index (χ3v) is 1.99. The fourth-order valence-corrected chi connectivity index (χ4v) is 1.14. The Kier molecular flexibility index (Phi) is 2.65. The van der Waals surface area contributed by atoms with E-state index in [-0.39, 0.29) is 12.3 Å². The molecule has 12 heavy (non-hydrogen) atoms. The molecule has 0 unspecified atom stereocenters. The molecule has 0 aromatic carbocycles. The molecule has 1 fully saturated rings. The highest BCUT2D eigenvalue weighted by atomic mass is 19.3. The van der Waals surface area contributed by atoms with Gasteiger partial charge in [0.25, 0.3) is 0 Å². The summed E-state index contributed by atoms with van der Waals surface area (Å²) in [6.07, 6.45) is 0.685. The minimum atomic E-state index is -2.76. The topological polar surface area (TPSA) is 37.3 Å². The van der Waals surface area contributed by atoms with Gasteiger partial charge < -0.3 is 5.11 Å². The number of carbonyl (C=O) groups is 1. The van der Waals surface area contributed by atoms with Crippen LogP contribution >= 0.6 is 0 Å². The molecular formula is C8H12F2O2. The van der Waals surface area contributed by atoms with E-state index in [0.717, 1.165) is 12.8 Å². The lowest BCUT2D eigenvalue weighted by atomic mass is 10.1. The molecule has 0 atom stereocenters. The fourth-order valence-electron chi connectivity index (χ4n) is 1.14. The van der Waals surface area contributed by atoms with E-state index in [1.165, 1.54) is 0 Å². The van der Waals surface area contributed by atoms with E-state index >= 15 is 0 Å². The minimum absolute atomic E-state index is 0.125. The molecule has 0 spiro atoms. The van der Waals surface area contributed by atoms with Crippen molar-refractivity contribution < 1.29 is 18.7 Å². The van der Waals surface area contributed by atoms with Gasteiger partial charge in [-0.2, -0.15) is 0 Å². The molecule has 1 aliphatic rings. The van der Waals surface area contributed by atoms with Gasteiger partial charge in [0.1, 0.15) is 0 Å². The van der Waals surface area contributed by atoms with Crippen molar-refractivity contribution in [1.82, 2.24) is 0 Å².